The second-order valence-electron chi connectivity index (χ2n) is 7.26. The lowest BCUT2D eigenvalue weighted by Gasteiger charge is -2.32. The third-order valence-electron chi connectivity index (χ3n) is 5.16. The van der Waals surface area contributed by atoms with E-state index in [0.29, 0.717) is 0 Å². The summed E-state index contributed by atoms with van der Waals surface area (Å²) in [6, 6.07) is 18.5. The molecule has 4 nitrogen and oxygen atoms in total. The van der Waals surface area contributed by atoms with Crippen LogP contribution in [0.4, 0.5) is 0 Å². The Morgan fingerprint density at radius 1 is 1.11 bits per heavy atom. The first-order chi connectivity index (χ1) is 13.2. The number of nitrogens with zero attached hydrogens (tertiary/aromatic N) is 2. The van der Waals surface area contributed by atoms with Gasteiger partial charge in [-0.05, 0) is 49.1 Å². The molecule has 1 N–H and O–H groups in total. The maximum absolute atomic E-state index is 7.41. The van der Waals surface area contributed by atoms with Crippen molar-refractivity contribution in [2.75, 3.05) is 13.1 Å². The molecule has 27 heavy (non-hydrogen) atoms. The molecule has 1 aliphatic heterocycles. The van der Waals surface area contributed by atoms with Crippen molar-refractivity contribution in [3.05, 3.63) is 71.4 Å². The molecule has 2 heterocycles. The Labute approximate surface area is 160 Å². The number of hydrogen-bond donors (Lipinski definition) is 1. The summed E-state index contributed by atoms with van der Waals surface area (Å²) in [6.07, 6.45) is 3.71. The maximum Gasteiger partial charge on any atom is 0.130 e. The lowest BCUT2D eigenvalue weighted by atomic mass is 10.1. The highest BCUT2D eigenvalue weighted by atomic mass is 16.5. The van der Waals surface area contributed by atoms with Crippen LogP contribution in [-0.2, 0) is 6.54 Å². The van der Waals surface area contributed by atoms with Gasteiger partial charge >= 0.3 is 0 Å². The SMILES string of the molecule is Cc1cc(OC2CCN(Cc3cccc(C=N)c3)CC2)c2ccccc2n1. The van der Waals surface area contributed by atoms with Crippen molar-refractivity contribution in [1.29, 1.82) is 5.41 Å². The van der Waals surface area contributed by atoms with E-state index in [1.54, 1.807) is 0 Å². The van der Waals surface area contributed by atoms with Crippen molar-refractivity contribution in [2.45, 2.75) is 32.4 Å². The summed E-state index contributed by atoms with van der Waals surface area (Å²) in [6.45, 7) is 5.01. The monoisotopic (exact) mass is 359 g/mol. The third kappa shape index (κ3) is 4.17. The van der Waals surface area contributed by atoms with Crippen LogP contribution in [0.2, 0.25) is 0 Å². The van der Waals surface area contributed by atoms with E-state index in [1.807, 2.05) is 37.3 Å². The minimum absolute atomic E-state index is 0.249. The van der Waals surface area contributed by atoms with Gasteiger partial charge in [0.15, 0.2) is 0 Å². The first-order valence-corrected chi connectivity index (χ1v) is 9.56. The minimum Gasteiger partial charge on any atom is -0.490 e. The smallest absolute Gasteiger partial charge is 0.130 e. The van der Waals surface area contributed by atoms with Gasteiger partial charge in [0.25, 0.3) is 0 Å². The molecule has 0 bridgehead atoms. The number of nitrogens with one attached hydrogen (secondary N) is 1. The van der Waals surface area contributed by atoms with Gasteiger partial charge in [0, 0.05) is 43.0 Å². The van der Waals surface area contributed by atoms with Gasteiger partial charge in [-0.3, -0.25) is 9.88 Å². The topological polar surface area (TPSA) is 49.2 Å². The van der Waals surface area contributed by atoms with E-state index in [-0.39, 0.29) is 6.10 Å². The summed E-state index contributed by atoms with van der Waals surface area (Å²) in [5.41, 5.74) is 4.22. The molecule has 3 aromatic rings. The Kier molecular flexibility index (Phi) is 5.16. The van der Waals surface area contributed by atoms with Crippen molar-refractivity contribution >= 4 is 17.1 Å². The fourth-order valence-corrected chi connectivity index (χ4v) is 3.77. The molecule has 0 unspecified atom stereocenters. The summed E-state index contributed by atoms with van der Waals surface area (Å²) in [7, 11) is 0. The molecule has 1 aromatic heterocycles. The van der Waals surface area contributed by atoms with Crippen LogP contribution < -0.4 is 4.74 Å². The summed E-state index contributed by atoms with van der Waals surface area (Å²) >= 11 is 0. The molecule has 0 atom stereocenters. The van der Waals surface area contributed by atoms with Crippen LogP contribution in [0.25, 0.3) is 10.9 Å². The number of piperidine rings is 1. The van der Waals surface area contributed by atoms with Gasteiger partial charge in [0.05, 0.1) is 5.52 Å². The number of pyridine rings is 1. The second kappa shape index (κ2) is 7.89. The highest BCUT2D eigenvalue weighted by molar-refractivity contribution is 5.85. The molecule has 0 amide bonds. The van der Waals surface area contributed by atoms with E-state index in [2.05, 4.69) is 34.1 Å². The zero-order valence-electron chi connectivity index (χ0n) is 15.7. The van der Waals surface area contributed by atoms with Crippen LogP contribution >= 0.6 is 0 Å². The first kappa shape index (κ1) is 17.7. The average molecular weight is 359 g/mol. The van der Waals surface area contributed by atoms with E-state index >= 15 is 0 Å². The lowest BCUT2D eigenvalue weighted by molar-refractivity contribution is 0.0979. The number of benzene rings is 2. The Morgan fingerprint density at radius 2 is 1.93 bits per heavy atom. The van der Waals surface area contributed by atoms with Crippen molar-refractivity contribution in [3.63, 3.8) is 0 Å². The number of rotatable bonds is 5. The van der Waals surface area contributed by atoms with Gasteiger partial charge in [-0.25, -0.2) is 0 Å². The molecule has 1 saturated heterocycles. The molecule has 0 spiro atoms. The van der Waals surface area contributed by atoms with Gasteiger partial charge in [0.2, 0.25) is 0 Å². The van der Waals surface area contributed by atoms with Gasteiger partial charge in [0.1, 0.15) is 11.9 Å². The van der Waals surface area contributed by atoms with E-state index in [9.17, 15) is 0 Å². The lowest BCUT2D eigenvalue weighted by Crippen LogP contribution is -2.37. The number of aryl methyl sites for hydroxylation is 1. The first-order valence-electron chi connectivity index (χ1n) is 9.56. The van der Waals surface area contributed by atoms with Crippen LogP contribution in [0.15, 0.2) is 54.6 Å². The summed E-state index contributed by atoms with van der Waals surface area (Å²) in [5.74, 6) is 0.954. The van der Waals surface area contributed by atoms with Gasteiger partial charge in [-0.1, -0.05) is 30.3 Å². The number of likely N-dealkylation sites (tertiary alicyclic amines) is 1. The van der Waals surface area contributed by atoms with Crippen LogP contribution in [0.1, 0.15) is 29.7 Å². The summed E-state index contributed by atoms with van der Waals surface area (Å²) in [4.78, 5) is 7.07. The molecule has 1 aliphatic rings. The predicted molar refractivity (Wildman–Crippen MR) is 110 cm³/mol. The highest BCUT2D eigenvalue weighted by Gasteiger charge is 2.21. The third-order valence-corrected chi connectivity index (χ3v) is 5.16. The van der Waals surface area contributed by atoms with Crippen LogP contribution in [0.3, 0.4) is 0 Å². The maximum atomic E-state index is 7.41. The van der Waals surface area contributed by atoms with Crippen LogP contribution in [0, 0.1) is 12.3 Å². The number of ether oxygens (including phenoxy) is 1. The van der Waals surface area contributed by atoms with Gasteiger partial charge in [-0.15, -0.1) is 0 Å². The number of aromatic nitrogens is 1. The van der Waals surface area contributed by atoms with Crippen LogP contribution in [-0.4, -0.2) is 35.3 Å². The summed E-state index contributed by atoms with van der Waals surface area (Å²) < 4.78 is 6.39. The van der Waals surface area contributed by atoms with E-state index in [4.69, 9.17) is 10.1 Å². The predicted octanol–water partition coefficient (Wildman–Crippen LogP) is 4.58. The Balaban J connectivity index is 1.39. The second-order valence-corrected chi connectivity index (χ2v) is 7.26. The fourth-order valence-electron chi connectivity index (χ4n) is 3.77. The molecule has 1 fully saturated rings. The molecule has 0 saturated carbocycles. The molecule has 4 rings (SSSR count). The summed E-state index contributed by atoms with van der Waals surface area (Å²) in [5, 5.41) is 8.50. The van der Waals surface area contributed by atoms with Crippen molar-refractivity contribution < 1.29 is 4.74 Å². The zero-order valence-corrected chi connectivity index (χ0v) is 15.7. The molecular formula is C23H25N3O. The van der Waals surface area contributed by atoms with Crippen molar-refractivity contribution in [2.24, 2.45) is 0 Å². The zero-order chi connectivity index (χ0) is 18.6. The van der Waals surface area contributed by atoms with Gasteiger partial charge < -0.3 is 10.1 Å². The quantitative estimate of drug-likeness (QED) is 0.678. The minimum atomic E-state index is 0.249. The van der Waals surface area contributed by atoms with Crippen LogP contribution in [0.5, 0.6) is 5.75 Å². The van der Waals surface area contributed by atoms with E-state index in [1.165, 1.54) is 11.8 Å². The highest BCUT2D eigenvalue weighted by Crippen LogP contribution is 2.28. The van der Waals surface area contributed by atoms with Crippen molar-refractivity contribution in [1.82, 2.24) is 9.88 Å². The standard InChI is InChI=1S/C23H25N3O/c1-17-13-23(21-7-2-3-8-22(21)25-17)27-20-9-11-26(12-10-20)16-19-6-4-5-18(14-19)15-24/h2-8,13-15,20,24H,9-12,16H2,1H3. The van der Waals surface area contributed by atoms with Crippen molar-refractivity contribution in [3.8, 4) is 5.75 Å². The molecular weight excluding hydrogens is 334 g/mol. The molecule has 0 aliphatic carbocycles. The number of para-hydroxylation sites is 1. The molecule has 0 radical (unpaired) electrons. The Hall–Kier alpha value is -2.72. The molecule has 4 heteroatoms. The Bertz CT molecular complexity index is 945. The molecule has 138 valence electrons. The number of fused-ring (bicyclic) bond motifs is 1. The Morgan fingerprint density at radius 3 is 2.74 bits per heavy atom. The molecule has 2 aromatic carbocycles. The number of hydrogen-bond acceptors (Lipinski definition) is 4. The average Bonchev–Trinajstić information content (AvgIpc) is 2.69. The van der Waals surface area contributed by atoms with Gasteiger partial charge in [-0.2, -0.15) is 0 Å². The van der Waals surface area contributed by atoms with E-state index in [0.717, 1.165) is 60.4 Å². The fraction of sp³-hybridized carbons (Fsp3) is 0.304. The largest absolute Gasteiger partial charge is 0.490 e. The normalized spacial score (nSPS) is 15.7. The van der Waals surface area contributed by atoms with E-state index < -0.39 is 0 Å².